The standard InChI is InChI=1S/C24H36O6/c1-13-7-8-18-21(13)22-17(11-20(24(18,22)6)30-16(4)26)14(2)19(27)9-10-23(5,28)12-29-15(3)25/h9-10,13,17-22,27-28H,2,7-8,11-12H2,1,3-6H3. The first-order chi connectivity index (χ1) is 13.9. The summed E-state index contributed by atoms with van der Waals surface area (Å²) in [5.74, 6) is 1.40. The number of hydrogen-bond donors (Lipinski definition) is 2. The Balaban J connectivity index is 1.75. The molecule has 2 N–H and O–H groups in total. The largest absolute Gasteiger partial charge is 0.462 e. The molecule has 0 aliphatic heterocycles. The molecule has 3 aliphatic rings. The van der Waals surface area contributed by atoms with Gasteiger partial charge in [0.15, 0.2) is 0 Å². The first kappa shape index (κ1) is 23.0. The second-order valence-corrected chi connectivity index (χ2v) is 10.1. The van der Waals surface area contributed by atoms with E-state index < -0.39 is 17.7 Å². The van der Waals surface area contributed by atoms with Gasteiger partial charge in [-0.15, -0.1) is 0 Å². The van der Waals surface area contributed by atoms with Crippen molar-refractivity contribution in [3.8, 4) is 0 Å². The minimum Gasteiger partial charge on any atom is -0.462 e. The van der Waals surface area contributed by atoms with Gasteiger partial charge in [-0.3, -0.25) is 9.59 Å². The third-order valence-corrected chi connectivity index (χ3v) is 7.95. The van der Waals surface area contributed by atoms with E-state index in [9.17, 15) is 19.8 Å². The Kier molecular flexibility index (Phi) is 6.23. The van der Waals surface area contributed by atoms with Crippen LogP contribution >= 0.6 is 0 Å². The third-order valence-electron chi connectivity index (χ3n) is 7.95. The summed E-state index contributed by atoms with van der Waals surface area (Å²) in [6, 6.07) is 0. The van der Waals surface area contributed by atoms with Gasteiger partial charge >= 0.3 is 11.9 Å². The van der Waals surface area contributed by atoms with Gasteiger partial charge < -0.3 is 19.7 Å². The maximum Gasteiger partial charge on any atom is 0.302 e. The van der Waals surface area contributed by atoms with E-state index in [4.69, 9.17) is 9.47 Å². The molecule has 0 saturated heterocycles. The highest BCUT2D eigenvalue weighted by Crippen LogP contribution is 2.73. The summed E-state index contributed by atoms with van der Waals surface area (Å²) in [6.07, 6.45) is 4.90. The molecule has 3 saturated carbocycles. The molecule has 168 valence electrons. The molecule has 0 aromatic rings. The molecule has 3 fully saturated rings. The van der Waals surface area contributed by atoms with Crippen molar-refractivity contribution in [2.75, 3.05) is 6.61 Å². The van der Waals surface area contributed by atoms with E-state index >= 15 is 0 Å². The highest BCUT2D eigenvalue weighted by molar-refractivity contribution is 5.66. The van der Waals surface area contributed by atoms with Crippen molar-refractivity contribution < 1.29 is 29.3 Å². The molecule has 0 aromatic carbocycles. The van der Waals surface area contributed by atoms with E-state index in [2.05, 4.69) is 20.4 Å². The average molecular weight is 421 g/mol. The van der Waals surface area contributed by atoms with Crippen LogP contribution in [0.2, 0.25) is 0 Å². The van der Waals surface area contributed by atoms with Gasteiger partial charge in [-0.25, -0.2) is 0 Å². The monoisotopic (exact) mass is 420 g/mol. The summed E-state index contributed by atoms with van der Waals surface area (Å²) < 4.78 is 10.6. The van der Waals surface area contributed by atoms with Gasteiger partial charge in [0, 0.05) is 19.3 Å². The van der Waals surface area contributed by atoms with Gasteiger partial charge in [-0.05, 0) is 54.9 Å². The molecule has 0 spiro atoms. The second kappa shape index (κ2) is 8.12. The Morgan fingerprint density at radius 2 is 1.97 bits per heavy atom. The van der Waals surface area contributed by atoms with Crippen LogP contribution in [0.15, 0.2) is 24.3 Å². The summed E-state index contributed by atoms with van der Waals surface area (Å²) in [4.78, 5) is 22.7. The predicted octanol–water partition coefficient (Wildman–Crippen LogP) is 3.02. The molecule has 3 aliphatic carbocycles. The molecule has 0 aromatic heterocycles. The summed E-state index contributed by atoms with van der Waals surface area (Å²) >= 11 is 0. The summed E-state index contributed by atoms with van der Waals surface area (Å²) in [7, 11) is 0. The fraction of sp³-hybridized carbons (Fsp3) is 0.750. The lowest BCUT2D eigenvalue weighted by molar-refractivity contribution is -0.177. The molecule has 0 heterocycles. The molecule has 30 heavy (non-hydrogen) atoms. The summed E-state index contributed by atoms with van der Waals surface area (Å²) in [5.41, 5.74) is -0.754. The normalized spacial score (nSPS) is 40.1. The topological polar surface area (TPSA) is 93.1 Å². The lowest BCUT2D eigenvalue weighted by Crippen LogP contribution is -2.58. The molecule has 3 rings (SSSR count). The van der Waals surface area contributed by atoms with E-state index in [1.165, 1.54) is 39.3 Å². The van der Waals surface area contributed by atoms with E-state index in [1.807, 2.05) is 0 Å². The number of hydrogen-bond acceptors (Lipinski definition) is 6. The van der Waals surface area contributed by atoms with Crippen LogP contribution in [-0.2, 0) is 19.1 Å². The van der Waals surface area contributed by atoms with Crippen LogP contribution in [0.1, 0.15) is 53.9 Å². The van der Waals surface area contributed by atoms with Crippen LogP contribution in [-0.4, -0.2) is 46.6 Å². The Morgan fingerprint density at radius 1 is 1.30 bits per heavy atom. The highest BCUT2D eigenvalue weighted by Gasteiger charge is 2.71. The molecule has 9 atom stereocenters. The van der Waals surface area contributed by atoms with Crippen molar-refractivity contribution in [1.29, 1.82) is 0 Å². The summed E-state index contributed by atoms with van der Waals surface area (Å²) in [5, 5.41) is 21.1. The quantitative estimate of drug-likeness (QED) is 0.486. The SMILES string of the molecule is C=C(C(O)C=CC(C)(O)COC(C)=O)C1CC(OC(C)=O)C2(C)C3CCC(C)C3C12. The lowest BCUT2D eigenvalue weighted by Gasteiger charge is -2.59. The molecule has 6 nitrogen and oxygen atoms in total. The summed E-state index contributed by atoms with van der Waals surface area (Å²) in [6.45, 7) is 12.8. The average Bonchev–Trinajstić information content (AvgIpc) is 3.10. The van der Waals surface area contributed by atoms with Crippen molar-refractivity contribution in [2.45, 2.75) is 71.7 Å². The number of rotatable bonds is 7. The smallest absolute Gasteiger partial charge is 0.302 e. The molecule has 9 unspecified atom stereocenters. The number of ether oxygens (including phenoxy) is 2. The van der Waals surface area contributed by atoms with Gasteiger partial charge in [-0.1, -0.05) is 39.0 Å². The number of fused-ring (bicyclic) bond motifs is 4. The first-order valence-electron chi connectivity index (χ1n) is 11.0. The Hall–Kier alpha value is -1.66. The number of carbonyl (C=O) groups is 2. The number of aliphatic hydroxyl groups excluding tert-OH is 1. The van der Waals surface area contributed by atoms with Crippen LogP contribution in [0, 0.1) is 35.0 Å². The van der Waals surface area contributed by atoms with E-state index in [-0.39, 0.29) is 30.0 Å². The van der Waals surface area contributed by atoms with Crippen LogP contribution in [0.25, 0.3) is 0 Å². The zero-order valence-corrected chi connectivity index (χ0v) is 18.8. The third kappa shape index (κ3) is 3.96. The van der Waals surface area contributed by atoms with E-state index in [0.717, 1.165) is 6.42 Å². The van der Waals surface area contributed by atoms with Gasteiger partial charge in [0.2, 0.25) is 0 Å². The Labute approximate surface area is 179 Å². The molecular weight excluding hydrogens is 384 g/mol. The fourth-order valence-corrected chi connectivity index (χ4v) is 6.58. The molecule has 0 radical (unpaired) electrons. The Bertz CT molecular complexity index is 740. The minimum atomic E-state index is -1.38. The number of carbonyl (C=O) groups excluding carboxylic acids is 2. The molecule has 6 heteroatoms. The van der Waals surface area contributed by atoms with Crippen molar-refractivity contribution in [3.05, 3.63) is 24.3 Å². The van der Waals surface area contributed by atoms with Gasteiger partial charge in [0.25, 0.3) is 0 Å². The van der Waals surface area contributed by atoms with Gasteiger partial charge in [0.05, 0.1) is 6.10 Å². The van der Waals surface area contributed by atoms with Crippen molar-refractivity contribution >= 4 is 11.9 Å². The van der Waals surface area contributed by atoms with Crippen molar-refractivity contribution in [3.63, 3.8) is 0 Å². The van der Waals surface area contributed by atoms with Crippen molar-refractivity contribution in [1.82, 2.24) is 0 Å². The zero-order valence-electron chi connectivity index (χ0n) is 18.8. The second-order valence-electron chi connectivity index (χ2n) is 10.1. The van der Waals surface area contributed by atoms with Crippen LogP contribution in [0.5, 0.6) is 0 Å². The lowest BCUT2D eigenvalue weighted by atomic mass is 9.46. The predicted molar refractivity (Wildman–Crippen MR) is 112 cm³/mol. The first-order valence-corrected chi connectivity index (χ1v) is 11.0. The minimum absolute atomic E-state index is 0.0548. The molecular formula is C24H36O6. The van der Waals surface area contributed by atoms with Crippen molar-refractivity contribution in [2.24, 2.45) is 35.0 Å². The zero-order chi connectivity index (χ0) is 22.4. The maximum atomic E-state index is 11.7. The maximum absolute atomic E-state index is 11.7. The van der Waals surface area contributed by atoms with Crippen LogP contribution < -0.4 is 0 Å². The number of esters is 2. The number of aliphatic hydroxyl groups is 2. The molecule has 0 bridgehead atoms. The van der Waals surface area contributed by atoms with Gasteiger partial charge in [-0.2, -0.15) is 0 Å². The highest BCUT2D eigenvalue weighted by atomic mass is 16.5. The fourth-order valence-electron chi connectivity index (χ4n) is 6.58. The van der Waals surface area contributed by atoms with E-state index in [1.54, 1.807) is 0 Å². The van der Waals surface area contributed by atoms with Crippen LogP contribution in [0.4, 0.5) is 0 Å². The van der Waals surface area contributed by atoms with Crippen LogP contribution in [0.3, 0.4) is 0 Å². The molecule has 0 amide bonds. The Morgan fingerprint density at radius 3 is 2.57 bits per heavy atom. The van der Waals surface area contributed by atoms with E-state index in [0.29, 0.717) is 35.7 Å². The van der Waals surface area contributed by atoms with Gasteiger partial charge in [0.1, 0.15) is 18.3 Å².